The molecule has 0 fully saturated rings. The van der Waals surface area contributed by atoms with Crippen molar-refractivity contribution >= 4 is 8.15 Å². The van der Waals surface area contributed by atoms with Crippen molar-refractivity contribution in [2.24, 2.45) is 5.41 Å². The van der Waals surface area contributed by atoms with Crippen molar-refractivity contribution in [2.75, 3.05) is 26.5 Å². The highest BCUT2D eigenvalue weighted by Crippen LogP contribution is 2.34. The van der Waals surface area contributed by atoms with Gasteiger partial charge in [0.25, 0.3) is 0 Å². The second-order valence-electron chi connectivity index (χ2n) is 9.92. The van der Waals surface area contributed by atoms with Crippen molar-refractivity contribution in [1.29, 1.82) is 0 Å². The molecule has 0 saturated carbocycles. The van der Waals surface area contributed by atoms with E-state index < -0.39 is 0 Å². The van der Waals surface area contributed by atoms with Crippen LogP contribution in [0.5, 0.6) is 11.5 Å². The molecule has 3 rings (SSSR count). The van der Waals surface area contributed by atoms with Crippen LogP contribution in [-0.2, 0) is 24.0 Å². The number of ether oxygens (including phenoxy) is 2. The van der Waals surface area contributed by atoms with Crippen molar-refractivity contribution in [1.82, 2.24) is 0 Å². The maximum atomic E-state index is 6.21. The number of benzene rings is 3. The second-order valence-corrected chi connectivity index (χ2v) is 11.9. The van der Waals surface area contributed by atoms with Crippen LogP contribution in [-0.4, -0.2) is 26.5 Å². The molecular formula is C30H39O3P. The standard InChI is InChI=1S/C30H39O3P/c1-7-33-34(6)17-16-23-10-8-13-28(19-23)32-22-24-14-15-29(26(18-24)21-30(2,3)4)25-11-9-12-27(20-25)31-5/h8-15,18-20H,7,16-17,21-22H2,1-6H3. The Bertz CT molecular complexity index is 1050. The van der Waals surface area contributed by atoms with Gasteiger partial charge >= 0.3 is 0 Å². The van der Waals surface area contributed by atoms with Crippen LogP contribution in [0.4, 0.5) is 0 Å². The minimum Gasteiger partial charge on any atom is -0.497 e. The molecule has 0 spiro atoms. The summed E-state index contributed by atoms with van der Waals surface area (Å²) in [5.41, 5.74) is 6.44. The summed E-state index contributed by atoms with van der Waals surface area (Å²) in [4.78, 5) is 0. The lowest BCUT2D eigenvalue weighted by Gasteiger charge is -2.22. The lowest BCUT2D eigenvalue weighted by molar-refractivity contribution is 0.305. The summed E-state index contributed by atoms with van der Waals surface area (Å²) in [6.45, 7) is 12.4. The van der Waals surface area contributed by atoms with Crippen LogP contribution < -0.4 is 9.47 Å². The molecule has 0 aliphatic rings. The Kier molecular flexibility index (Phi) is 9.56. The van der Waals surface area contributed by atoms with E-state index in [-0.39, 0.29) is 13.6 Å². The van der Waals surface area contributed by atoms with Gasteiger partial charge in [-0.25, -0.2) is 0 Å². The van der Waals surface area contributed by atoms with E-state index in [0.29, 0.717) is 6.61 Å². The predicted molar refractivity (Wildman–Crippen MR) is 145 cm³/mol. The fourth-order valence-electron chi connectivity index (χ4n) is 4.06. The molecule has 0 aliphatic heterocycles. The lowest BCUT2D eigenvalue weighted by atomic mass is 9.84. The lowest BCUT2D eigenvalue weighted by Crippen LogP contribution is -2.11. The van der Waals surface area contributed by atoms with Gasteiger partial charge in [0.15, 0.2) is 0 Å². The first-order valence-electron chi connectivity index (χ1n) is 12.1. The van der Waals surface area contributed by atoms with Crippen molar-refractivity contribution in [3.8, 4) is 22.6 Å². The summed E-state index contributed by atoms with van der Waals surface area (Å²) in [7, 11) is 1.37. The summed E-state index contributed by atoms with van der Waals surface area (Å²) in [6, 6.07) is 23.5. The molecule has 0 bridgehead atoms. The van der Waals surface area contributed by atoms with E-state index in [9.17, 15) is 0 Å². The first kappa shape index (κ1) is 26.3. The highest BCUT2D eigenvalue weighted by Gasteiger charge is 2.16. The van der Waals surface area contributed by atoms with Crippen LogP contribution in [0.2, 0.25) is 0 Å². The van der Waals surface area contributed by atoms with Crippen molar-refractivity contribution < 1.29 is 14.0 Å². The van der Waals surface area contributed by atoms with E-state index in [1.165, 1.54) is 27.8 Å². The Balaban J connectivity index is 1.75. The molecule has 182 valence electrons. The number of methoxy groups -OCH3 is 1. The molecule has 0 aliphatic carbocycles. The minimum absolute atomic E-state index is 0.182. The predicted octanol–water partition coefficient (Wildman–Crippen LogP) is 8.14. The zero-order chi connectivity index (χ0) is 24.6. The molecule has 34 heavy (non-hydrogen) atoms. The van der Waals surface area contributed by atoms with Gasteiger partial charge in [-0.3, -0.25) is 0 Å². The van der Waals surface area contributed by atoms with Gasteiger partial charge in [-0.15, -0.1) is 0 Å². The van der Waals surface area contributed by atoms with E-state index >= 15 is 0 Å². The van der Waals surface area contributed by atoms with Gasteiger partial charge in [0.2, 0.25) is 0 Å². The number of aryl methyl sites for hydroxylation is 1. The van der Waals surface area contributed by atoms with Crippen LogP contribution in [0.1, 0.15) is 44.4 Å². The summed E-state index contributed by atoms with van der Waals surface area (Å²) in [6.07, 6.45) is 3.08. The number of hydrogen-bond acceptors (Lipinski definition) is 3. The van der Waals surface area contributed by atoms with Crippen LogP contribution in [0.25, 0.3) is 11.1 Å². The molecule has 3 nitrogen and oxygen atoms in total. The van der Waals surface area contributed by atoms with E-state index in [1.807, 2.05) is 12.1 Å². The Morgan fingerprint density at radius 1 is 0.853 bits per heavy atom. The first-order valence-corrected chi connectivity index (χ1v) is 14.0. The van der Waals surface area contributed by atoms with Crippen LogP contribution >= 0.6 is 8.15 Å². The van der Waals surface area contributed by atoms with Crippen LogP contribution in [0.15, 0.2) is 66.7 Å². The van der Waals surface area contributed by atoms with Gasteiger partial charge in [-0.05, 0) is 90.1 Å². The van der Waals surface area contributed by atoms with Gasteiger partial charge in [-0.1, -0.05) is 63.2 Å². The fourth-order valence-corrected chi connectivity index (χ4v) is 5.20. The third kappa shape index (κ3) is 8.15. The van der Waals surface area contributed by atoms with Crippen molar-refractivity contribution in [3.05, 3.63) is 83.4 Å². The van der Waals surface area contributed by atoms with E-state index in [2.05, 4.69) is 89.0 Å². The summed E-state index contributed by atoms with van der Waals surface area (Å²) in [5.74, 6) is 1.80. The Labute approximate surface area is 207 Å². The topological polar surface area (TPSA) is 27.7 Å². The molecule has 0 N–H and O–H groups in total. The van der Waals surface area contributed by atoms with Crippen LogP contribution in [0, 0.1) is 5.41 Å². The molecule has 0 amide bonds. The SMILES string of the molecule is CCOP(C)CCc1cccc(OCc2ccc(-c3cccc(OC)c3)c(CC(C)(C)C)c2)c1. The normalized spacial score (nSPS) is 12.4. The fraction of sp³-hybridized carbons (Fsp3) is 0.400. The summed E-state index contributed by atoms with van der Waals surface area (Å²) >= 11 is 0. The Morgan fingerprint density at radius 3 is 2.35 bits per heavy atom. The van der Waals surface area contributed by atoms with Crippen LogP contribution in [0.3, 0.4) is 0 Å². The molecular weight excluding hydrogens is 439 g/mol. The van der Waals surface area contributed by atoms with Crippen molar-refractivity contribution in [3.63, 3.8) is 0 Å². The largest absolute Gasteiger partial charge is 0.497 e. The number of hydrogen-bond donors (Lipinski definition) is 0. The van der Waals surface area contributed by atoms with Gasteiger partial charge in [0.05, 0.1) is 7.11 Å². The second kappa shape index (κ2) is 12.4. The first-order chi connectivity index (χ1) is 16.3. The molecule has 0 heterocycles. The zero-order valence-electron chi connectivity index (χ0n) is 21.6. The maximum Gasteiger partial charge on any atom is 0.120 e. The smallest absolute Gasteiger partial charge is 0.120 e. The van der Waals surface area contributed by atoms with Crippen molar-refractivity contribution in [2.45, 2.75) is 47.1 Å². The molecule has 3 aromatic carbocycles. The third-order valence-corrected chi connectivity index (χ3v) is 7.19. The average Bonchev–Trinajstić information content (AvgIpc) is 2.81. The van der Waals surface area contributed by atoms with Gasteiger partial charge in [0, 0.05) is 14.8 Å². The van der Waals surface area contributed by atoms with E-state index in [0.717, 1.165) is 37.1 Å². The molecule has 0 saturated heterocycles. The molecule has 0 aromatic heterocycles. The average molecular weight is 479 g/mol. The number of rotatable bonds is 11. The Morgan fingerprint density at radius 2 is 1.62 bits per heavy atom. The van der Waals surface area contributed by atoms with E-state index in [1.54, 1.807) is 7.11 Å². The van der Waals surface area contributed by atoms with Gasteiger partial charge in [0.1, 0.15) is 18.1 Å². The maximum absolute atomic E-state index is 6.21. The molecule has 1 atom stereocenters. The Hall–Kier alpha value is -2.35. The third-order valence-electron chi connectivity index (χ3n) is 5.64. The molecule has 4 heteroatoms. The summed E-state index contributed by atoms with van der Waals surface area (Å²) < 4.78 is 17.4. The van der Waals surface area contributed by atoms with E-state index in [4.69, 9.17) is 14.0 Å². The van der Waals surface area contributed by atoms with Gasteiger partial charge < -0.3 is 14.0 Å². The molecule has 0 radical (unpaired) electrons. The van der Waals surface area contributed by atoms with Gasteiger partial charge in [-0.2, -0.15) is 0 Å². The highest BCUT2D eigenvalue weighted by molar-refractivity contribution is 7.51. The highest BCUT2D eigenvalue weighted by atomic mass is 31.1. The minimum atomic E-state index is -0.348. The molecule has 1 unspecified atom stereocenters. The summed E-state index contributed by atoms with van der Waals surface area (Å²) in [5, 5.41) is 0. The zero-order valence-corrected chi connectivity index (χ0v) is 22.5. The monoisotopic (exact) mass is 478 g/mol. The quantitative estimate of drug-likeness (QED) is 0.260. The molecule has 3 aromatic rings.